The molecular formula is C18H34O2. The summed E-state index contributed by atoms with van der Waals surface area (Å²) in [4.78, 5) is 10.8. The summed E-state index contributed by atoms with van der Waals surface area (Å²) in [5, 5.41) is 8.88. The lowest BCUT2D eigenvalue weighted by Crippen LogP contribution is -2.18. The second-order valence-electron chi connectivity index (χ2n) is 6.74. The van der Waals surface area contributed by atoms with Gasteiger partial charge in [0.2, 0.25) is 0 Å². The van der Waals surface area contributed by atoms with Crippen LogP contribution in [-0.4, -0.2) is 11.1 Å². The molecule has 0 aliphatic carbocycles. The van der Waals surface area contributed by atoms with Crippen LogP contribution in [0.1, 0.15) is 73.6 Å². The van der Waals surface area contributed by atoms with Crippen LogP contribution in [0.2, 0.25) is 0 Å². The highest BCUT2D eigenvalue weighted by Gasteiger charge is 2.21. The Morgan fingerprint density at radius 2 is 1.55 bits per heavy atom. The van der Waals surface area contributed by atoms with E-state index in [-0.39, 0.29) is 0 Å². The number of hydrogen-bond donors (Lipinski definition) is 1. The fraction of sp³-hybridized carbons (Fsp3) is 0.833. The van der Waals surface area contributed by atoms with Crippen LogP contribution in [-0.2, 0) is 4.79 Å². The third kappa shape index (κ3) is 7.72. The molecule has 20 heavy (non-hydrogen) atoms. The van der Waals surface area contributed by atoms with Crippen molar-refractivity contribution in [2.24, 2.45) is 23.7 Å². The Kier molecular flexibility index (Phi) is 9.62. The van der Waals surface area contributed by atoms with Gasteiger partial charge in [-0.1, -0.05) is 53.5 Å². The Labute approximate surface area is 125 Å². The van der Waals surface area contributed by atoms with Crippen molar-refractivity contribution in [3.8, 4) is 0 Å². The van der Waals surface area contributed by atoms with Crippen molar-refractivity contribution in [1.29, 1.82) is 0 Å². The van der Waals surface area contributed by atoms with Crippen LogP contribution in [0.25, 0.3) is 0 Å². The van der Waals surface area contributed by atoms with Gasteiger partial charge in [-0.2, -0.15) is 0 Å². The second-order valence-corrected chi connectivity index (χ2v) is 6.74. The Bertz CT molecular complexity index is 305. The maximum atomic E-state index is 10.8. The Balaban J connectivity index is 4.47. The van der Waals surface area contributed by atoms with Crippen molar-refractivity contribution < 1.29 is 9.90 Å². The lowest BCUT2D eigenvalue weighted by molar-refractivity contribution is -0.132. The summed E-state index contributed by atoms with van der Waals surface area (Å²) in [7, 11) is 0. The van der Waals surface area contributed by atoms with Gasteiger partial charge >= 0.3 is 5.97 Å². The minimum absolute atomic E-state index is 0.471. The van der Waals surface area contributed by atoms with E-state index in [1.54, 1.807) is 6.92 Å². The molecule has 0 saturated carbocycles. The Morgan fingerprint density at radius 1 is 1.05 bits per heavy atom. The van der Waals surface area contributed by atoms with Crippen molar-refractivity contribution in [3.05, 3.63) is 11.6 Å². The van der Waals surface area contributed by atoms with E-state index in [4.69, 9.17) is 5.11 Å². The highest BCUT2D eigenvalue weighted by Crippen LogP contribution is 2.32. The number of carboxylic acid groups (broad SMARTS) is 1. The van der Waals surface area contributed by atoms with Gasteiger partial charge < -0.3 is 5.11 Å². The molecule has 0 aliphatic heterocycles. The van der Waals surface area contributed by atoms with E-state index in [0.29, 0.717) is 11.5 Å². The number of hydrogen-bond acceptors (Lipinski definition) is 1. The molecule has 0 aliphatic rings. The fourth-order valence-electron chi connectivity index (χ4n) is 3.07. The van der Waals surface area contributed by atoms with E-state index >= 15 is 0 Å². The minimum atomic E-state index is -0.796. The first kappa shape index (κ1) is 19.2. The molecule has 3 atom stereocenters. The van der Waals surface area contributed by atoms with E-state index in [2.05, 4.69) is 34.6 Å². The molecule has 0 rings (SSSR count). The van der Waals surface area contributed by atoms with E-state index in [1.807, 2.05) is 6.08 Å². The molecule has 1 N–H and O–H groups in total. The number of rotatable bonds is 10. The van der Waals surface area contributed by atoms with Crippen LogP contribution < -0.4 is 0 Å². The number of carboxylic acids is 1. The molecule has 118 valence electrons. The lowest BCUT2D eigenvalue weighted by Gasteiger charge is -2.29. The van der Waals surface area contributed by atoms with E-state index in [1.165, 1.54) is 25.7 Å². The highest BCUT2D eigenvalue weighted by molar-refractivity contribution is 5.85. The number of allylic oxidation sites excluding steroid dienone is 1. The van der Waals surface area contributed by atoms with Gasteiger partial charge in [-0.25, -0.2) is 4.79 Å². The predicted molar refractivity (Wildman–Crippen MR) is 86.8 cm³/mol. The average molecular weight is 282 g/mol. The zero-order valence-electron chi connectivity index (χ0n) is 14.3. The van der Waals surface area contributed by atoms with Gasteiger partial charge in [0, 0.05) is 5.57 Å². The molecule has 2 nitrogen and oxygen atoms in total. The molecule has 0 aromatic carbocycles. The molecule has 0 amide bonds. The smallest absolute Gasteiger partial charge is 0.330 e. The average Bonchev–Trinajstić information content (AvgIpc) is 2.39. The Morgan fingerprint density at radius 3 is 1.95 bits per heavy atom. The SMILES string of the molecule is CCC(CC(C)C)C(CC)CC(C)CC=C(C)C(=O)O. The van der Waals surface area contributed by atoms with Gasteiger partial charge in [-0.05, 0) is 49.9 Å². The summed E-state index contributed by atoms with van der Waals surface area (Å²) in [6.45, 7) is 13.1. The quantitative estimate of drug-likeness (QED) is 0.535. The summed E-state index contributed by atoms with van der Waals surface area (Å²) in [5.41, 5.74) is 0.471. The number of aliphatic carboxylic acids is 1. The monoisotopic (exact) mass is 282 g/mol. The molecule has 2 heteroatoms. The van der Waals surface area contributed by atoms with Crippen LogP contribution in [0.4, 0.5) is 0 Å². The number of carbonyl (C=O) groups is 1. The zero-order chi connectivity index (χ0) is 15.7. The molecule has 0 spiro atoms. The minimum Gasteiger partial charge on any atom is -0.478 e. The summed E-state index contributed by atoms with van der Waals surface area (Å²) < 4.78 is 0. The van der Waals surface area contributed by atoms with Crippen molar-refractivity contribution in [3.63, 3.8) is 0 Å². The van der Waals surface area contributed by atoms with Gasteiger partial charge in [0.1, 0.15) is 0 Å². The van der Waals surface area contributed by atoms with E-state index in [9.17, 15) is 4.79 Å². The van der Waals surface area contributed by atoms with Crippen LogP contribution in [0.3, 0.4) is 0 Å². The first-order valence-corrected chi connectivity index (χ1v) is 8.21. The first-order chi connectivity index (χ1) is 9.31. The summed E-state index contributed by atoms with van der Waals surface area (Å²) in [5.74, 6) is 2.12. The van der Waals surface area contributed by atoms with Crippen molar-refractivity contribution in [2.75, 3.05) is 0 Å². The van der Waals surface area contributed by atoms with E-state index < -0.39 is 5.97 Å². The van der Waals surface area contributed by atoms with Crippen molar-refractivity contribution in [1.82, 2.24) is 0 Å². The fourth-order valence-corrected chi connectivity index (χ4v) is 3.07. The van der Waals surface area contributed by atoms with E-state index in [0.717, 1.165) is 24.2 Å². The van der Waals surface area contributed by atoms with Crippen LogP contribution >= 0.6 is 0 Å². The highest BCUT2D eigenvalue weighted by atomic mass is 16.4. The Hall–Kier alpha value is -0.790. The van der Waals surface area contributed by atoms with Crippen LogP contribution in [0.5, 0.6) is 0 Å². The lowest BCUT2D eigenvalue weighted by atomic mass is 9.77. The molecule has 0 heterocycles. The molecule has 0 aromatic heterocycles. The van der Waals surface area contributed by atoms with Gasteiger partial charge in [0.25, 0.3) is 0 Å². The van der Waals surface area contributed by atoms with Crippen LogP contribution in [0.15, 0.2) is 11.6 Å². The molecule has 0 saturated heterocycles. The van der Waals surface area contributed by atoms with Gasteiger partial charge in [0.05, 0.1) is 0 Å². The topological polar surface area (TPSA) is 37.3 Å². The normalized spacial score (nSPS) is 17.1. The maximum absolute atomic E-state index is 10.8. The molecular weight excluding hydrogens is 248 g/mol. The third-order valence-electron chi connectivity index (χ3n) is 4.36. The van der Waals surface area contributed by atoms with Gasteiger partial charge in [0.15, 0.2) is 0 Å². The second kappa shape index (κ2) is 10.0. The molecule has 0 fully saturated rings. The summed E-state index contributed by atoms with van der Waals surface area (Å²) in [6.07, 6.45) is 7.78. The van der Waals surface area contributed by atoms with Crippen LogP contribution in [0, 0.1) is 23.7 Å². The van der Waals surface area contributed by atoms with Crippen molar-refractivity contribution in [2.45, 2.75) is 73.6 Å². The molecule has 3 unspecified atom stereocenters. The standard InChI is InChI=1S/C18H34O2/c1-7-16(11-13(3)4)17(8-2)12-14(5)9-10-15(6)18(19)20/h10,13-14,16-17H,7-9,11-12H2,1-6H3,(H,19,20). The summed E-state index contributed by atoms with van der Waals surface area (Å²) >= 11 is 0. The molecule has 0 aromatic rings. The first-order valence-electron chi connectivity index (χ1n) is 8.21. The van der Waals surface area contributed by atoms with Gasteiger partial charge in [-0.3, -0.25) is 0 Å². The van der Waals surface area contributed by atoms with Gasteiger partial charge in [-0.15, -0.1) is 0 Å². The maximum Gasteiger partial charge on any atom is 0.330 e. The molecule has 0 radical (unpaired) electrons. The molecule has 0 bridgehead atoms. The summed E-state index contributed by atoms with van der Waals surface area (Å²) in [6, 6.07) is 0. The zero-order valence-corrected chi connectivity index (χ0v) is 14.3. The third-order valence-corrected chi connectivity index (χ3v) is 4.36. The predicted octanol–water partition coefficient (Wildman–Crippen LogP) is 5.53. The van der Waals surface area contributed by atoms with Crippen molar-refractivity contribution >= 4 is 5.97 Å². The largest absolute Gasteiger partial charge is 0.478 e.